The predicted octanol–water partition coefficient (Wildman–Crippen LogP) is 2.56. The van der Waals surface area contributed by atoms with E-state index in [0.717, 1.165) is 8.96 Å². The van der Waals surface area contributed by atoms with Gasteiger partial charge in [0, 0.05) is 23.4 Å². The minimum Gasteiger partial charge on any atom is -0.350 e. The van der Waals surface area contributed by atoms with E-state index in [0.29, 0.717) is 12.5 Å². The van der Waals surface area contributed by atoms with Crippen molar-refractivity contribution in [3.63, 3.8) is 0 Å². The van der Waals surface area contributed by atoms with E-state index in [4.69, 9.17) is 0 Å². The van der Waals surface area contributed by atoms with Crippen LogP contribution in [0.3, 0.4) is 0 Å². The van der Waals surface area contributed by atoms with E-state index in [9.17, 15) is 0 Å². The summed E-state index contributed by atoms with van der Waals surface area (Å²) in [6.45, 7) is 4.30. The summed E-state index contributed by atoms with van der Waals surface area (Å²) in [4.78, 5) is 8.04. The maximum absolute atomic E-state index is 4.02. The fraction of sp³-hybridized carbons (Fsp3) is 0.143. The smallest absolute Gasteiger partial charge is 0.222 e. The van der Waals surface area contributed by atoms with Crippen LogP contribution in [0.1, 0.15) is 0 Å². The topological polar surface area (TPSA) is 37.8 Å². The van der Waals surface area contributed by atoms with E-state index in [1.54, 1.807) is 12.4 Å². The van der Waals surface area contributed by atoms with Crippen molar-refractivity contribution in [2.45, 2.75) is 0 Å². The first-order chi connectivity index (χ1) is 5.68. The van der Waals surface area contributed by atoms with Gasteiger partial charge >= 0.3 is 0 Å². The fourth-order valence-corrected chi connectivity index (χ4v) is 0.923. The first-order valence-corrected chi connectivity index (χ1v) is 4.82. The molecule has 1 aromatic heterocycles. The molecule has 3 nitrogen and oxygen atoms in total. The van der Waals surface area contributed by atoms with Gasteiger partial charge in [0.1, 0.15) is 0 Å². The normalized spacial score (nSPS) is 9.50. The van der Waals surface area contributed by atoms with Crippen molar-refractivity contribution in [1.29, 1.82) is 0 Å². The highest BCUT2D eigenvalue weighted by Gasteiger charge is 1.94. The average molecular weight is 293 g/mol. The van der Waals surface area contributed by atoms with Gasteiger partial charge in [0.2, 0.25) is 5.95 Å². The highest BCUT2D eigenvalue weighted by Crippen LogP contribution is 2.07. The largest absolute Gasteiger partial charge is 0.350 e. The van der Waals surface area contributed by atoms with Crippen LogP contribution in [0.25, 0.3) is 0 Å². The second-order valence-corrected chi connectivity index (χ2v) is 4.13. The van der Waals surface area contributed by atoms with Crippen molar-refractivity contribution in [3.05, 3.63) is 27.9 Å². The molecule has 0 fully saturated rings. The summed E-state index contributed by atoms with van der Waals surface area (Å²) < 4.78 is 1.74. The second-order valence-electron chi connectivity index (χ2n) is 2.10. The molecule has 0 saturated heterocycles. The minimum absolute atomic E-state index is 0.596. The van der Waals surface area contributed by atoms with Gasteiger partial charge < -0.3 is 5.32 Å². The highest BCUT2D eigenvalue weighted by atomic mass is 79.9. The standard InChI is InChI=1S/C7H7Br2N3/c1-5(8)2-10-7-11-3-6(9)4-12-7/h3-4H,1-2H2,(H,10,11,12). The van der Waals surface area contributed by atoms with Crippen LogP contribution >= 0.6 is 31.9 Å². The first-order valence-electron chi connectivity index (χ1n) is 3.23. The van der Waals surface area contributed by atoms with Gasteiger partial charge in [-0.15, -0.1) is 0 Å². The minimum atomic E-state index is 0.596. The Morgan fingerprint density at radius 2 is 2.08 bits per heavy atom. The van der Waals surface area contributed by atoms with Crippen LogP contribution in [-0.4, -0.2) is 16.5 Å². The number of anilines is 1. The third-order valence-corrected chi connectivity index (χ3v) is 1.75. The molecule has 1 heterocycles. The molecule has 0 aromatic carbocycles. The van der Waals surface area contributed by atoms with Crippen molar-refractivity contribution >= 4 is 37.8 Å². The first kappa shape index (κ1) is 9.67. The summed E-state index contributed by atoms with van der Waals surface area (Å²) >= 11 is 6.47. The summed E-state index contributed by atoms with van der Waals surface area (Å²) in [5, 5.41) is 2.98. The zero-order chi connectivity index (χ0) is 8.97. The van der Waals surface area contributed by atoms with Crippen molar-refractivity contribution in [1.82, 2.24) is 9.97 Å². The Morgan fingerprint density at radius 3 is 2.58 bits per heavy atom. The van der Waals surface area contributed by atoms with Gasteiger partial charge in [0.25, 0.3) is 0 Å². The second kappa shape index (κ2) is 4.57. The third-order valence-electron chi connectivity index (χ3n) is 1.06. The van der Waals surface area contributed by atoms with E-state index in [1.807, 2.05) is 0 Å². The van der Waals surface area contributed by atoms with Gasteiger partial charge in [-0.05, 0) is 15.9 Å². The summed E-state index contributed by atoms with van der Waals surface area (Å²) in [6, 6.07) is 0. The molecular weight excluding hydrogens is 286 g/mol. The van der Waals surface area contributed by atoms with E-state index in [1.165, 1.54) is 0 Å². The predicted molar refractivity (Wildman–Crippen MR) is 56.3 cm³/mol. The number of nitrogens with one attached hydrogen (secondary N) is 1. The molecule has 1 aromatic rings. The van der Waals surface area contributed by atoms with Crippen LogP contribution in [0.5, 0.6) is 0 Å². The van der Waals surface area contributed by atoms with Gasteiger partial charge in [-0.25, -0.2) is 9.97 Å². The summed E-state index contributed by atoms with van der Waals surface area (Å²) in [5.41, 5.74) is 0. The van der Waals surface area contributed by atoms with Crippen LogP contribution in [0.4, 0.5) is 5.95 Å². The lowest BCUT2D eigenvalue weighted by Crippen LogP contribution is -2.03. The van der Waals surface area contributed by atoms with Gasteiger partial charge in [-0.2, -0.15) is 0 Å². The maximum atomic E-state index is 4.02. The molecule has 64 valence electrons. The Kier molecular flexibility index (Phi) is 3.68. The zero-order valence-corrected chi connectivity index (χ0v) is 9.39. The van der Waals surface area contributed by atoms with Crippen molar-refractivity contribution in [2.75, 3.05) is 11.9 Å². The molecule has 0 aliphatic heterocycles. The Bertz CT molecular complexity index is 270. The number of hydrogen-bond acceptors (Lipinski definition) is 3. The number of hydrogen-bond donors (Lipinski definition) is 1. The molecule has 1 N–H and O–H groups in total. The van der Waals surface area contributed by atoms with Crippen LogP contribution in [0.2, 0.25) is 0 Å². The average Bonchev–Trinajstić information content (AvgIpc) is 2.03. The van der Waals surface area contributed by atoms with E-state index in [2.05, 4.69) is 53.7 Å². The summed E-state index contributed by atoms with van der Waals surface area (Å²) in [5.74, 6) is 0.596. The molecule has 0 amide bonds. The Labute approximate surface area is 87.6 Å². The van der Waals surface area contributed by atoms with Crippen molar-refractivity contribution in [2.24, 2.45) is 0 Å². The highest BCUT2D eigenvalue weighted by molar-refractivity contribution is 9.11. The lowest BCUT2D eigenvalue weighted by molar-refractivity contribution is 1.11. The molecule has 12 heavy (non-hydrogen) atoms. The molecule has 0 bridgehead atoms. The quantitative estimate of drug-likeness (QED) is 0.930. The molecule has 0 atom stereocenters. The Balaban J connectivity index is 2.53. The molecule has 5 heteroatoms. The lowest BCUT2D eigenvalue weighted by Gasteiger charge is -2.01. The maximum Gasteiger partial charge on any atom is 0.222 e. The monoisotopic (exact) mass is 291 g/mol. The van der Waals surface area contributed by atoms with E-state index in [-0.39, 0.29) is 0 Å². The van der Waals surface area contributed by atoms with Crippen molar-refractivity contribution in [3.8, 4) is 0 Å². The van der Waals surface area contributed by atoms with E-state index < -0.39 is 0 Å². The molecular formula is C7H7Br2N3. The Morgan fingerprint density at radius 1 is 1.50 bits per heavy atom. The Hall–Kier alpha value is -0.420. The molecule has 0 spiro atoms. The molecule has 0 aliphatic carbocycles. The van der Waals surface area contributed by atoms with Crippen LogP contribution < -0.4 is 5.32 Å². The van der Waals surface area contributed by atoms with Gasteiger partial charge in [0.05, 0.1) is 4.47 Å². The lowest BCUT2D eigenvalue weighted by atomic mass is 10.6. The molecule has 0 unspecified atom stereocenters. The van der Waals surface area contributed by atoms with Crippen molar-refractivity contribution < 1.29 is 0 Å². The molecule has 0 radical (unpaired) electrons. The number of halogens is 2. The van der Waals surface area contributed by atoms with Crippen LogP contribution in [-0.2, 0) is 0 Å². The number of rotatable bonds is 3. The van der Waals surface area contributed by atoms with Crippen LogP contribution in [0, 0.1) is 0 Å². The number of aromatic nitrogens is 2. The summed E-state index contributed by atoms with van der Waals surface area (Å²) in [6.07, 6.45) is 3.37. The molecule has 1 rings (SSSR count). The molecule has 0 saturated carbocycles. The van der Waals surface area contributed by atoms with E-state index >= 15 is 0 Å². The number of nitrogens with zero attached hydrogens (tertiary/aromatic N) is 2. The van der Waals surface area contributed by atoms with Gasteiger partial charge in [-0.3, -0.25) is 0 Å². The zero-order valence-electron chi connectivity index (χ0n) is 6.22. The molecule has 0 aliphatic rings. The summed E-state index contributed by atoms with van der Waals surface area (Å²) in [7, 11) is 0. The fourth-order valence-electron chi connectivity index (χ4n) is 0.579. The SMILES string of the molecule is C=C(Br)CNc1ncc(Br)cn1. The van der Waals surface area contributed by atoms with Gasteiger partial charge in [0.15, 0.2) is 0 Å². The van der Waals surface area contributed by atoms with Gasteiger partial charge in [-0.1, -0.05) is 22.5 Å². The van der Waals surface area contributed by atoms with Crippen LogP contribution in [0.15, 0.2) is 27.9 Å². The third kappa shape index (κ3) is 3.32.